The molecule has 0 aliphatic carbocycles. The number of nitrogens with two attached hydrogens (primary N) is 1. The summed E-state index contributed by atoms with van der Waals surface area (Å²) in [6, 6.07) is 9.91. The molecule has 1 heterocycles. The van der Waals surface area contributed by atoms with Crippen LogP contribution in [0, 0.1) is 0 Å². The van der Waals surface area contributed by atoms with Crippen LogP contribution in [0.3, 0.4) is 0 Å². The minimum absolute atomic E-state index is 0.380. The van der Waals surface area contributed by atoms with Gasteiger partial charge in [0, 0.05) is 21.9 Å². The van der Waals surface area contributed by atoms with Crippen molar-refractivity contribution in [3.63, 3.8) is 0 Å². The molecule has 0 saturated heterocycles. The van der Waals surface area contributed by atoms with Crippen molar-refractivity contribution < 1.29 is 0 Å². The molecule has 1 aromatic heterocycles. The Hall–Kier alpha value is -1.46. The minimum atomic E-state index is 0.380. The van der Waals surface area contributed by atoms with E-state index in [1.165, 1.54) is 5.56 Å². The van der Waals surface area contributed by atoms with Gasteiger partial charge in [-0.15, -0.1) is 0 Å². The molecule has 0 saturated carbocycles. The van der Waals surface area contributed by atoms with Gasteiger partial charge >= 0.3 is 0 Å². The lowest BCUT2D eigenvalue weighted by Gasteiger charge is -2.13. The summed E-state index contributed by atoms with van der Waals surface area (Å²) in [6.07, 6.45) is 2.78. The minimum Gasteiger partial charge on any atom is -0.389 e. The summed E-state index contributed by atoms with van der Waals surface area (Å²) in [4.78, 5) is 4.80. The fourth-order valence-electron chi connectivity index (χ4n) is 2.01. The largest absolute Gasteiger partial charge is 0.389 e. The zero-order valence-electron chi connectivity index (χ0n) is 11.2. The number of nitrogens with zero attached hydrogens (tertiary/aromatic N) is 1. The first-order valence-electron chi connectivity index (χ1n) is 6.37. The van der Waals surface area contributed by atoms with Gasteiger partial charge in [0.1, 0.15) is 4.99 Å². The maximum atomic E-state index is 5.76. The monoisotopic (exact) mass is 349 g/mol. The summed E-state index contributed by atoms with van der Waals surface area (Å²) in [6.45, 7) is 2.78. The van der Waals surface area contributed by atoms with Crippen LogP contribution in [0.15, 0.2) is 41.0 Å². The van der Waals surface area contributed by atoms with Gasteiger partial charge in [-0.1, -0.05) is 41.1 Å². The molecule has 104 valence electrons. The third-order valence-corrected chi connectivity index (χ3v) is 3.77. The van der Waals surface area contributed by atoms with Crippen LogP contribution >= 0.6 is 28.1 Å². The number of aryl methyl sites for hydroxylation is 1. The molecule has 0 fully saturated rings. The van der Waals surface area contributed by atoms with Gasteiger partial charge in [0.05, 0.1) is 12.2 Å². The predicted octanol–water partition coefficient (Wildman–Crippen LogP) is 3.65. The SMILES string of the molecule is CCc1cccnc1CNc1ccc(Br)cc1C(N)=S. The summed E-state index contributed by atoms with van der Waals surface area (Å²) >= 11 is 8.52. The molecule has 5 heteroatoms. The molecule has 0 atom stereocenters. The number of rotatable bonds is 5. The molecule has 2 aromatic rings. The molecule has 1 aromatic carbocycles. The second-order valence-corrected chi connectivity index (χ2v) is 5.73. The van der Waals surface area contributed by atoms with Gasteiger partial charge in [0.15, 0.2) is 0 Å². The van der Waals surface area contributed by atoms with E-state index in [4.69, 9.17) is 18.0 Å². The van der Waals surface area contributed by atoms with Crippen molar-refractivity contribution >= 4 is 38.8 Å². The smallest absolute Gasteiger partial charge is 0.106 e. The third-order valence-electron chi connectivity index (χ3n) is 3.06. The first-order chi connectivity index (χ1) is 9.61. The number of benzene rings is 1. The van der Waals surface area contributed by atoms with Gasteiger partial charge in [0.2, 0.25) is 0 Å². The molecule has 0 aliphatic rings. The summed E-state index contributed by atoms with van der Waals surface area (Å²) in [7, 11) is 0. The normalized spacial score (nSPS) is 10.3. The van der Waals surface area contributed by atoms with Crippen molar-refractivity contribution in [1.82, 2.24) is 4.98 Å². The van der Waals surface area contributed by atoms with E-state index in [1.54, 1.807) is 0 Å². The zero-order chi connectivity index (χ0) is 14.5. The van der Waals surface area contributed by atoms with Crippen LogP contribution < -0.4 is 11.1 Å². The van der Waals surface area contributed by atoms with E-state index < -0.39 is 0 Å². The molecule has 3 N–H and O–H groups in total. The van der Waals surface area contributed by atoms with Gasteiger partial charge < -0.3 is 11.1 Å². The van der Waals surface area contributed by atoms with E-state index in [0.717, 1.165) is 27.8 Å². The van der Waals surface area contributed by atoms with Crippen molar-refractivity contribution in [1.29, 1.82) is 0 Å². The van der Waals surface area contributed by atoms with E-state index in [-0.39, 0.29) is 0 Å². The lowest BCUT2D eigenvalue weighted by molar-refractivity contribution is 0.971. The molecule has 0 amide bonds. The topological polar surface area (TPSA) is 50.9 Å². The maximum absolute atomic E-state index is 5.76. The number of aromatic nitrogens is 1. The second kappa shape index (κ2) is 6.81. The highest BCUT2D eigenvalue weighted by molar-refractivity contribution is 9.10. The molecule has 20 heavy (non-hydrogen) atoms. The number of thiocarbonyl (C=S) groups is 1. The van der Waals surface area contributed by atoms with Gasteiger partial charge in [0.25, 0.3) is 0 Å². The Balaban J connectivity index is 2.21. The highest BCUT2D eigenvalue weighted by Crippen LogP contribution is 2.22. The van der Waals surface area contributed by atoms with Crippen LogP contribution in [0.5, 0.6) is 0 Å². The summed E-state index contributed by atoms with van der Waals surface area (Å²) in [5.74, 6) is 0. The Labute approximate surface area is 132 Å². The van der Waals surface area contributed by atoms with E-state index in [1.807, 2.05) is 30.5 Å². The average Bonchev–Trinajstić information content (AvgIpc) is 2.46. The number of nitrogens with one attached hydrogen (secondary N) is 1. The van der Waals surface area contributed by atoms with E-state index in [9.17, 15) is 0 Å². The number of pyridine rings is 1. The summed E-state index contributed by atoms with van der Waals surface area (Å²) in [5.41, 5.74) is 9.82. The molecule has 0 bridgehead atoms. The number of anilines is 1. The predicted molar refractivity (Wildman–Crippen MR) is 91.0 cm³/mol. The Morgan fingerprint density at radius 3 is 2.90 bits per heavy atom. The Morgan fingerprint density at radius 2 is 2.20 bits per heavy atom. The van der Waals surface area contributed by atoms with Crippen LogP contribution in [0.4, 0.5) is 5.69 Å². The summed E-state index contributed by atoms with van der Waals surface area (Å²) in [5, 5.41) is 3.36. The van der Waals surface area contributed by atoms with E-state index in [0.29, 0.717) is 11.5 Å². The maximum Gasteiger partial charge on any atom is 0.106 e. The molecular formula is C15H16BrN3S. The molecular weight excluding hydrogens is 334 g/mol. The quantitative estimate of drug-likeness (QED) is 0.809. The lowest BCUT2D eigenvalue weighted by atomic mass is 10.1. The number of halogens is 1. The second-order valence-electron chi connectivity index (χ2n) is 4.37. The number of hydrogen-bond donors (Lipinski definition) is 2. The van der Waals surface area contributed by atoms with Gasteiger partial charge in [-0.3, -0.25) is 4.98 Å². The summed E-state index contributed by atoms with van der Waals surface area (Å²) < 4.78 is 0.956. The molecule has 0 radical (unpaired) electrons. The first kappa shape index (κ1) is 14.9. The van der Waals surface area contributed by atoms with Gasteiger partial charge in [-0.05, 0) is 36.2 Å². The third kappa shape index (κ3) is 3.55. The van der Waals surface area contributed by atoms with Crippen LogP contribution in [0.25, 0.3) is 0 Å². The van der Waals surface area contributed by atoms with Crippen LogP contribution in [-0.4, -0.2) is 9.97 Å². The number of hydrogen-bond acceptors (Lipinski definition) is 3. The Kier molecular flexibility index (Phi) is 5.09. The molecule has 0 aliphatic heterocycles. The van der Waals surface area contributed by atoms with Crippen molar-refractivity contribution in [2.45, 2.75) is 19.9 Å². The molecule has 2 rings (SSSR count). The van der Waals surface area contributed by atoms with Crippen molar-refractivity contribution in [2.75, 3.05) is 5.32 Å². The van der Waals surface area contributed by atoms with Crippen LogP contribution in [0.1, 0.15) is 23.7 Å². The zero-order valence-corrected chi connectivity index (χ0v) is 13.6. The standard InChI is InChI=1S/C15H16BrN3S/c1-2-10-4-3-7-18-14(10)9-19-13-6-5-11(16)8-12(13)15(17)20/h3-8,19H,2,9H2,1H3,(H2,17,20). The van der Waals surface area contributed by atoms with Crippen molar-refractivity contribution in [3.8, 4) is 0 Å². The van der Waals surface area contributed by atoms with Crippen molar-refractivity contribution in [3.05, 3.63) is 57.8 Å². The molecule has 3 nitrogen and oxygen atoms in total. The fraction of sp³-hybridized carbons (Fsp3) is 0.200. The van der Waals surface area contributed by atoms with Crippen molar-refractivity contribution in [2.24, 2.45) is 5.73 Å². The Bertz CT molecular complexity index is 628. The highest BCUT2D eigenvalue weighted by atomic mass is 79.9. The van der Waals surface area contributed by atoms with Crippen LogP contribution in [-0.2, 0) is 13.0 Å². The van der Waals surface area contributed by atoms with E-state index >= 15 is 0 Å². The lowest BCUT2D eigenvalue weighted by Crippen LogP contribution is -2.14. The Morgan fingerprint density at radius 1 is 1.40 bits per heavy atom. The first-order valence-corrected chi connectivity index (χ1v) is 7.58. The fourth-order valence-corrected chi connectivity index (χ4v) is 2.54. The highest BCUT2D eigenvalue weighted by Gasteiger charge is 2.07. The molecule has 0 spiro atoms. The van der Waals surface area contributed by atoms with Gasteiger partial charge in [-0.25, -0.2) is 0 Å². The van der Waals surface area contributed by atoms with Crippen LogP contribution in [0.2, 0.25) is 0 Å². The van der Waals surface area contributed by atoms with E-state index in [2.05, 4.69) is 39.2 Å². The average molecular weight is 350 g/mol. The molecule has 0 unspecified atom stereocenters. The van der Waals surface area contributed by atoms with Gasteiger partial charge in [-0.2, -0.15) is 0 Å².